The first kappa shape index (κ1) is 20.4. The van der Waals surface area contributed by atoms with Crippen molar-refractivity contribution in [1.29, 1.82) is 0 Å². The van der Waals surface area contributed by atoms with Crippen LogP contribution in [0.5, 0.6) is 0 Å². The lowest BCUT2D eigenvalue weighted by atomic mass is 9.95. The standard InChI is InChI=1S/C20H22F2N2O3S/c21-18-12-11-15(13-19(18)22)23-20(25)14-24(16-7-3-1-4-8-16)28(26,27)17-9-5-2-6-10-17/h2,5-6,9-13,16H,1,3-4,7-8,14H2,(H,23,25). The van der Waals surface area contributed by atoms with Crippen molar-refractivity contribution in [3.05, 3.63) is 60.2 Å². The Balaban J connectivity index is 1.82. The van der Waals surface area contributed by atoms with Crippen molar-refractivity contribution in [2.75, 3.05) is 11.9 Å². The van der Waals surface area contributed by atoms with Crippen LogP contribution in [-0.4, -0.2) is 31.2 Å². The number of halogens is 2. The van der Waals surface area contributed by atoms with E-state index in [1.54, 1.807) is 18.2 Å². The van der Waals surface area contributed by atoms with Gasteiger partial charge in [0.2, 0.25) is 15.9 Å². The minimum atomic E-state index is -3.86. The molecule has 1 amide bonds. The molecule has 28 heavy (non-hydrogen) atoms. The lowest BCUT2D eigenvalue weighted by molar-refractivity contribution is -0.116. The summed E-state index contributed by atoms with van der Waals surface area (Å²) in [6.07, 6.45) is 4.21. The topological polar surface area (TPSA) is 66.5 Å². The summed E-state index contributed by atoms with van der Waals surface area (Å²) in [7, 11) is -3.86. The molecule has 1 saturated carbocycles. The van der Waals surface area contributed by atoms with Crippen LogP contribution in [0.15, 0.2) is 53.4 Å². The van der Waals surface area contributed by atoms with Crippen LogP contribution >= 0.6 is 0 Å². The maximum absolute atomic E-state index is 13.4. The zero-order valence-electron chi connectivity index (χ0n) is 15.3. The van der Waals surface area contributed by atoms with E-state index < -0.39 is 27.6 Å². The van der Waals surface area contributed by atoms with Gasteiger partial charge in [0.25, 0.3) is 0 Å². The van der Waals surface area contributed by atoms with Gasteiger partial charge in [-0.15, -0.1) is 0 Å². The number of hydrogen-bond acceptors (Lipinski definition) is 3. The fourth-order valence-corrected chi connectivity index (χ4v) is 5.09. The van der Waals surface area contributed by atoms with Gasteiger partial charge in [-0.05, 0) is 37.1 Å². The van der Waals surface area contributed by atoms with Gasteiger partial charge in [0.05, 0.1) is 11.4 Å². The van der Waals surface area contributed by atoms with Gasteiger partial charge in [-0.2, -0.15) is 4.31 Å². The molecule has 0 spiro atoms. The SMILES string of the molecule is O=C(CN(C1CCCCC1)S(=O)(=O)c1ccccc1)Nc1ccc(F)c(F)c1. The van der Waals surface area contributed by atoms with E-state index >= 15 is 0 Å². The molecule has 0 aromatic heterocycles. The number of nitrogens with zero attached hydrogens (tertiary/aromatic N) is 1. The van der Waals surface area contributed by atoms with Crippen LogP contribution in [0, 0.1) is 11.6 Å². The molecule has 0 saturated heterocycles. The van der Waals surface area contributed by atoms with Gasteiger partial charge in [0.15, 0.2) is 11.6 Å². The maximum Gasteiger partial charge on any atom is 0.243 e. The second kappa shape index (κ2) is 8.79. The largest absolute Gasteiger partial charge is 0.325 e. The highest BCUT2D eigenvalue weighted by molar-refractivity contribution is 7.89. The Kier molecular flexibility index (Phi) is 6.41. The molecule has 3 rings (SSSR count). The normalized spacial score (nSPS) is 15.5. The summed E-state index contributed by atoms with van der Waals surface area (Å²) in [4.78, 5) is 12.6. The van der Waals surface area contributed by atoms with Crippen molar-refractivity contribution in [3.63, 3.8) is 0 Å². The van der Waals surface area contributed by atoms with Crippen molar-refractivity contribution in [3.8, 4) is 0 Å². The smallest absolute Gasteiger partial charge is 0.243 e. The van der Waals surface area contributed by atoms with E-state index in [0.29, 0.717) is 12.8 Å². The van der Waals surface area contributed by atoms with E-state index in [1.807, 2.05) is 0 Å². The van der Waals surface area contributed by atoms with Crippen LogP contribution in [0.2, 0.25) is 0 Å². The van der Waals surface area contributed by atoms with Crippen molar-refractivity contribution >= 4 is 21.6 Å². The number of carbonyl (C=O) groups excluding carboxylic acids is 1. The van der Waals surface area contributed by atoms with Crippen molar-refractivity contribution < 1.29 is 22.0 Å². The van der Waals surface area contributed by atoms with E-state index in [0.717, 1.165) is 31.4 Å². The summed E-state index contributed by atoms with van der Waals surface area (Å²) in [5, 5.41) is 2.45. The number of amides is 1. The highest BCUT2D eigenvalue weighted by Gasteiger charge is 2.33. The minimum absolute atomic E-state index is 0.0737. The molecule has 5 nitrogen and oxygen atoms in total. The third-order valence-electron chi connectivity index (χ3n) is 4.83. The van der Waals surface area contributed by atoms with E-state index in [1.165, 1.54) is 22.5 Å². The highest BCUT2D eigenvalue weighted by Crippen LogP contribution is 2.28. The third-order valence-corrected chi connectivity index (χ3v) is 6.75. The van der Waals surface area contributed by atoms with Crippen LogP contribution in [0.1, 0.15) is 32.1 Å². The first-order chi connectivity index (χ1) is 13.4. The molecule has 0 heterocycles. The minimum Gasteiger partial charge on any atom is -0.325 e. The maximum atomic E-state index is 13.4. The molecule has 1 fully saturated rings. The number of anilines is 1. The number of sulfonamides is 1. The molecule has 1 N–H and O–H groups in total. The number of carbonyl (C=O) groups is 1. The Morgan fingerprint density at radius 2 is 1.68 bits per heavy atom. The second-order valence-electron chi connectivity index (χ2n) is 6.83. The summed E-state index contributed by atoms with van der Waals surface area (Å²) in [6, 6.07) is 10.7. The first-order valence-corrected chi connectivity index (χ1v) is 10.6. The summed E-state index contributed by atoms with van der Waals surface area (Å²) in [5.74, 6) is -2.71. The molecule has 0 aliphatic heterocycles. The van der Waals surface area contributed by atoms with Crippen molar-refractivity contribution in [1.82, 2.24) is 4.31 Å². The Morgan fingerprint density at radius 3 is 2.32 bits per heavy atom. The molecule has 0 atom stereocenters. The van der Waals surface area contributed by atoms with Gasteiger partial charge in [0.1, 0.15) is 0 Å². The zero-order valence-corrected chi connectivity index (χ0v) is 16.1. The van der Waals surface area contributed by atoms with Gasteiger partial charge in [0, 0.05) is 17.8 Å². The lowest BCUT2D eigenvalue weighted by Gasteiger charge is -2.33. The molecule has 0 unspecified atom stereocenters. The summed E-state index contributed by atoms with van der Waals surface area (Å²) < 4.78 is 54.0. The second-order valence-corrected chi connectivity index (χ2v) is 8.72. The quantitative estimate of drug-likeness (QED) is 0.788. The van der Waals surface area contributed by atoms with E-state index in [2.05, 4.69) is 5.32 Å². The Labute approximate surface area is 163 Å². The predicted octanol–water partition coefficient (Wildman–Crippen LogP) is 3.93. The average molecular weight is 408 g/mol. The molecule has 2 aromatic rings. The molecule has 0 bridgehead atoms. The number of hydrogen-bond donors (Lipinski definition) is 1. The van der Waals surface area contributed by atoms with Gasteiger partial charge >= 0.3 is 0 Å². The number of benzene rings is 2. The predicted molar refractivity (Wildman–Crippen MR) is 102 cm³/mol. The molecule has 0 radical (unpaired) electrons. The van der Waals surface area contributed by atoms with Gasteiger partial charge < -0.3 is 5.32 Å². The molecular weight excluding hydrogens is 386 g/mol. The Bertz CT molecular complexity index is 930. The van der Waals surface area contributed by atoms with Gasteiger partial charge in [-0.25, -0.2) is 17.2 Å². The molecule has 8 heteroatoms. The summed E-state index contributed by atoms with van der Waals surface area (Å²) in [6.45, 7) is -0.388. The van der Waals surface area contributed by atoms with E-state index in [-0.39, 0.29) is 23.2 Å². The fourth-order valence-electron chi connectivity index (χ4n) is 3.42. The van der Waals surface area contributed by atoms with Crippen LogP contribution < -0.4 is 5.32 Å². The van der Waals surface area contributed by atoms with Gasteiger partial charge in [-0.1, -0.05) is 37.5 Å². The molecule has 150 valence electrons. The van der Waals surface area contributed by atoms with Crippen molar-refractivity contribution in [2.24, 2.45) is 0 Å². The lowest BCUT2D eigenvalue weighted by Crippen LogP contribution is -2.45. The first-order valence-electron chi connectivity index (χ1n) is 9.20. The van der Waals surface area contributed by atoms with Crippen LogP contribution in [0.25, 0.3) is 0 Å². The fraction of sp³-hybridized carbons (Fsp3) is 0.350. The monoisotopic (exact) mass is 408 g/mol. The third kappa shape index (κ3) is 4.74. The molecule has 1 aliphatic carbocycles. The van der Waals surface area contributed by atoms with Crippen LogP contribution in [0.3, 0.4) is 0 Å². The number of nitrogens with one attached hydrogen (secondary N) is 1. The van der Waals surface area contributed by atoms with Crippen LogP contribution in [0.4, 0.5) is 14.5 Å². The number of rotatable bonds is 6. The molecular formula is C20H22F2N2O3S. The summed E-state index contributed by atoms with van der Waals surface area (Å²) in [5.41, 5.74) is 0.0737. The Hall–Kier alpha value is -2.32. The van der Waals surface area contributed by atoms with E-state index in [4.69, 9.17) is 0 Å². The summed E-state index contributed by atoms with van der Waals surface area (Å²) >= 11 is 0. The van der Waals surface area contributed by atoms with Crippen LogP contribution in [-0.2, 0) is 14.8 Å². The Morgan fingerprint density at radius 1 is 1.00 bits per heavy atom. The van der Waals surface area contributed by atoms with E-state index in [9.17, 15) is 22.0 Å². The van der Waals surface area contributed by atoms with Crippen molar-refractivity contribution in [2.45, 2.75) is 43.0 Å². The molecule has 1 aliphatic rings. The zero-order chi connectivity index (χ0) is 20.1. The van der Waals surface area contributed by atoms with Gasteiger partial charge in [-0.3, -0.25) is 4.79 Å². The highest BCUT2D eigenvalue weighted by atomic mass is 32.2. The molecule has 2 aromatic carbocycles. The average Bonchev–Trinajstić information content (AvgIpc) is 2.70.